The summed E-state index contributed by atoms with van der Waals surface area (Å²) in [6, 6.07) is 7.41. The Morgan fingerprint density at radius 2 is 2.00 bits per heavy atom. The maximum Gasteiger partial charge on any atom is 0.321 e. The minimum absolute atomic E-state index is 0.0216. The molecule has 1 aromatic carbocycles. The molecule has 1 heterocycles. The Morgan fingerprint density at radius 3 is 2.63 bits per heavy atom. The number of hydrogen-bond acceptors (Lipinski definition) is 2. The maximum absolute atomic E-state index is 12.2. The van der Waals surface area contributed by atoms with Gasteiger partial charge >= 0.3 is 6.03 Å². The molecule has 0 radical (unpaired) electrons. The van der Waals surface area contributed by atoms with Crippen molar-refractivity contribution in [2.75, 3.05) is 25.5 Å². The van der Waals surface area contributed by atoms with E-state index >= 15 is 0 Å². The molecule has 0 saturated carbocycles. The van der Waals surface area contributed by atoms with E-state index in [4.69, 9.17) is 4.74 Å². The molecule has 2 atom stereocenters. The highest BCUT2D eigenvalue weighted by Gasteiger charge is 2.25. The van der Waals surface area contributed by atoms with E-state index in [1.807, 2.05) is 29.2 Å². The first kappa shape index (κ1) is 13.7. The van der Waals surface area contributed by atoms with E-state index in [2.05, 4.69) is 19.2 Å². The van der Waals surface area contributed by atoms with E-state index in [9.17, 15) is 4.79 Å². The summed E-state index contributed by atoms with van der Waals surface area (Å²) >= 11 is 0. The van der Waals surface area contributed by atoms with Crippen molar-refractivity contribution in [3.05, 3.63) is 24.3 Å². The molecule has 1 fully saturated rings. The Hall–Kier alpha value is -1.71. The van der Waals surface area contributed by atoms with E-state index in [1.54, 1.807) is 7.11 Å². The SMILES string of the molecule is COc1cccc(NC(=O)N2CC(C)CC(C)C2)c1. The van der Waals surface area contributed by atoms with Crippen molar-refractivity contribution in [2.24, 2.45) is 11.8 Å². The largest absolute Gasteiger partial charge is 0.497 e. The van der Waals surface area contributed by atoms with Crippen LogP contribution in [0.5, 0.6) is 5.75 Å². The predicted molar refractivity (Wildman–Crippen MR) is 76.5 cm³/mol. The second-order valence-corrected chi connectivity index (χ2v) is 5.51. The van der Waals surface area contributed by atoms with Crippen LogP contribution in [0.2, 0.25) is 0 Å². The van der Waals surface area contributed by atoms with Gasteiger partial charge in [0.05, 0.1) is 7.11 Å². The standard InChI is InChI=1S/C15H22N2O2/c1-11-7-12(2)10-17(9-11)15(18)16-13-5-4-6-14(8-13)19-3/h4-6,8,11-12H,7,9-10H2,1-3H3,(H,16,18). The van der Waals surface area contributed by atoms with Crippen molar-refractivity contribution >= 4 is 11.7 Å². The number of nitrogens with zero attached hydrogens (tertiary/aromatic N) is 1. The molecule has 1 aliphatic rings. The van der Waals surface area contributed by atoms with E-state index in [1.165, 1.54) is 6.42 Å². The summed E-state index contributed by atoms with van der Waals surface area (Å²) in [7, 11) is 1.62. The normalized spacial score (nSPS) is 23.0. The summed E-state index contributed by atoms with van der Waals surface area (Å²) in [5.41, 5.74) is 0.773. The summed E-state index contributed by atoms with van der Waals surface area (Å²) in [6.07, 6.45) is 1.20. The number of hydrogen-bond donors (Lipinski definition) is 1. The summed E-state index contributed by atoms with van der Waals surface area (Å²) in [4.78, 5) is 14.1. The van der Waals surface area contributed by atoms with Crippen molar-refractivity contribution in [3.63, 3.8) is 0 Å². The van der Waals surface area contributed by atoms with Gasteiger partial charge in [-0.05, 0) is 30.4 Å². The minimum atomic E-state index is -0.0216. The van der Waals surface area contributed by atoms with E-state index in [0.717, 1.165) is 24.5 Å². The van der Waals surface area contributed by atoms with Crippen LogP contribution in [0.3, 0.4) is 0 Å². The van der Waals surface area contributed by atoms with Gasteiger partial charge in [0.25, 0.3) is 0 Å². The third-order valence-electron chi connectivity index (χ3n) is 3.48. The molecule has 4 nitrogen and oxygen atoms in total. The lowest BCUT2D eigenvalue weighted by atomic mass is 9.92. The lowest BCUT2D eigenvalue weighted by Gasteiger charge is -2.34. The number of ether oxygens (including phenoxy) is 1. The zero-order chi connectivity index (χ0) is 13.8. The van der Waals surface area contributed by atoms with Crippen molar-refractivity contribution in [1.29, 1.82) is 0 Å². The van der Waals surface area contributed by atoms with E-state index in [0.29, 0.717) is 11.8 Å². The molecular formula is C15H22N2O2. The first-order chi connectivity index (χ1) is 9.08. The molecule has 1 aromatic rings. The fraction of sp³-hybridized carbons (Fsp3) is 0.533. The fourth-order valence-electron chi connectivity index (χ4n) is 2.73. The smallest absolute Gasteiger partial charge is 0.321 e. The maximum atomic E-state index is 12.2. The van der Waals surface area contributed by atoms with Crippen LogP contribution in [0.15, 0.2) is 24.3 Å². The topological polar surface area (TPSA) is 41.6 Å². The van der Waals surface area contributed by atoms with Crippen LogP contribution >= 0.6 is 0 Å². The highest BCUT2D eigenvalue weighted by Crippen LogP contribution is 2.22. The van der Waals surface area contributed by atoms with Crippen LogP contribution < -0.4 is 10.1 Å². The Bertz CT molecular complexity index is 438. The first-order valence-corrected chi connectivity index (χ1v) is 6.78. The van der Waals surface area contributed by atoms with Crippen LogP contribution in [0.25, 0.3) is 0 Å². The second kappa shape index (κ2) is 5.95. The van der Waals surface area contributed by atoms with Gasteiger partial charge in [-0.1, -0.05) is 19.9 Å². The quantitative estimate of drug-likeness (QED) is 0.889. The van der Waals surface area contributed by atoms with Gasteiger partial charge in [0.15, 0.2) is 0 Å². The molecule has 4 heteroatoms. The third-order valence-corrected chi connectivity index (χ3v) is 3.48. The summed E-state index contributed by atoms with van der Waals surface area (Å²) < 4.78 is 5.15. The van der Waals surface area contributed by atoms with Gasteiger partial charge in [0.2, 0.25) is 0 Å². The molecule has 0 aromatic heterocycles. The molecule has 1 saturated heterocycles. The van der Waals surface area contributed by atoms with Gasteiger partial charge in [-0.2, -0.15) is 0 Å². The van der Waals surface area contributed by atoms with Gasteiger partial charge in [0, 0.05) is 24.8 Å². The number of anilines is 1. The molecule has 0 bridgehead atoms. The molecule has 2 unspecified atom stereocenters. The number of nitrogens with one attached hydrogen (secondary N) is 1. The number of piperidine rings is 1. The molecule has 2 amide bonds. The van der Waals surface area contributed by atoms with Crippen molar-refractivity contribution in [3.8, 4) is 5.75 Å². The number of carbonyl (C=O) groups excluding carboxylic acids is 1. The molecular weight excluding hydrogens is 240 g/mol. The van der Waals surface area contributed by atoms with Crippen LogP contribution in [0.4, 0.5) is 10.5 Å². The number of rotatable bonds is 2. The van der Waals surface area contributed by atoms with Crippen LogP contribution in [-0.4, -0.2) is 31.1 Å². The molecule has 19 heavy (non-hydrogen) atoms. The van der Waals surface area contributed by atoms with Crippen molar-refractivity contribution in [2.45, 2.75) is 20.3 Å². The van der Waals surface area contributed by atoms with Crippen LogP contribution in [0.1, 0.15) is 20.3 Å². The van der Waals surface area contributed by atoms with Crippen molar-refractivity contribution in [1.82, 2.24) is 4.90 Å². The average Bonchev–Trinajstić information content (AvgIpc) is 2.37. The number of amides is 2. The van der Waals surface area contributed by atoms with Gasteiger partial charge in [-0.3, -0.25) is 0 Å². The highest BCUT2D eigenvalue weighted by atomic mass is 16.5. The molecule has 0 spiro atoms. The second-order valence-electron chi connectivity index (χ2n) is 5.51. The Morgan fingerprint density at radius 1 is 1.32 bits per heavy atom. The fourth-order valence-corrected chi connectivity index (χ4v) is 2.73. The number of carbonyl (C=O) groups is 1. The predicted octanol–water partition coefficient (Wildman–Crippen LogP) is 3.21. The number of urea groups is 1. The zero-order valence-electron chi connectivity index (χ0n) is 11.8. The lowest BCUT2D eigenvalue weighted by molar-refractivity contribution is 0.156. The minimum Gasteiger partial charge on any atom is -0.497 e. The van der Waals surface area contributed by atoms with Gasteiger partial charge in [-0.15, -0.1) is 0 Å². The highest BCUT2D eigenvalue weighted by molar-refractivity contribution is 5.89. The number of likely N-dealkylation sites (tertiary alicyclic amines) is 1. The number of methoxy groups -OCH3 is 1. The Labute approximate surface area is 114 Å². The van der Waals surface area contributed by atoms with Gasteiger partial charge < -0.3 is 15.0 Å². The van der Waals surface area contributed by atoms with E-state index in [-0.39, 0.29) is 6.03 Å². The van der Waals surface area contributed by atoms with Crippen molar-refractivity contribution < 1.29 is 9.53 Å². The van der Waals surface area contributed by atoms with Crippen LogP contribution in [0, 0.1) is 11.8 Å². The van der Waals surface area contributed by atoms with Crippen LogP contribution in [-0.2, 0) is 0 Å². The summed E-state index contributed by atoms with van der Waals surface area (Å²) in [5, 5.41) is 2.93. The Kier molecular flexibility index (Phi) is 4.30. The molecule has 0 aliphatic carbocycles. The first-order valence-electron chi connectivity index (χ1n) is 6.78. The number of benzene rings is 1. The third kappa shape index (κ3) is 3.63. The molecule has 2 rings (SSSR count). The molecule has 104 valence electrons. The Balaban J connectivity index is 2.00. The molecule has 1 aliphatic heterocycles. The summed E-state index contributed by atoms with van der Waals surface area (Å²) in [6.45, 7) is 6.06. The summed E-state index contributed by atoms with van der Waals surface area (Å²) in [5.74, 6) is 1.89. The lowest BCUT2D eigenvalue weighted by Crippen LogP contribution is -2.44. The average molecular weight is 262 g/mol. The van der Waals surface area contributed by atoms with Gasteiger partial charge in [-0.25, -0.2) is 4.79 Å². The van der Waals surface area contributed by atoms with E-state index < -0.39 is 0 Å². The van der Waals surface area contributed by atoms with Gasteiger partial charge in [0.1, 0.15) is 5.75 Å². The zero-order valence-corrected chi connectivity index (χ0v) is 11.8. The molecule has 1 N–H and O–H groups in total. The monoisotopic (exact) mass is 262 g/mol.